The second kappa shape index (κ2) is 3.83. The van der Waals surface area contributed by atoms with Crippen LogP contribution in [-0.4, -0.2) is 25.3 Å². The van der Waals surface area contributed by atoms with Crippen LogP contribution in [0.5, 0.6) is 0 Å². The first-order valence-electron chi connectivity index (χ1n) is 3.25. The zero-order chi connectivity index (χ0) is 7.40. The van der Waals surface area contributed by atoms with E-state index in [0.29, 0.717) is 18.9 Å². The molecule has 1 N–H and O–H groups in total. The summed E-state index contributed by atoms with van der Waals surface area (Å²) in [6.07, 6.45) is 2.50. The van der Waals surface area contributed by atoms with Gasteiger partial charge in [-0.2, -0.15) is 0 Å². The average Bonchev–Trinajstić information content (AvgIpc) is 2.31. The van der Waals surface area contributed by atoms with Crippen molar-refractivity contribution in [2.75, 3.05) is 19.4 Å². The Balaban J connectivity index is 2.12. The Morgan fingerprint density at radius 3 is 3.20 bits per heavy atom. The summed E-state index contributed by atoms with van der Waals surface area (Å²) in [4.78, 5) is 10.6. The molecule has 4 heteroatoms. The fraction of sp³-hybridized carbons (Fsp3) is 0.833. The van der Waals surface area contributed by atoms with Gasteiger partial charge in [0.25, 0.3) is 0 Å². The van der Waals surface area contributed by atoms with E-state index >= 15 is 0 Å². The van der Waals surface area contributed by atoms with E-state index in [-0.39, 0.29) is 5.91 Å². The number of nitrogens with one attached hydrogen (secondary N) is 1. The quantitative estimate of drug-likeness (QED) is 0.609. The highest BCUT2D eigenvalue weighted by Gasteiger charge is 2.20. The highest BCUT2D eigenvalue weighted by molar-refractivity contribution is 7.93. The van der Waals surface area contributed by atoms with Crippen LogP contribution in [0.3, 0.4) is 0 Å². The summed E-state index contributed by atoms with van der Waals surface area (Å²) < 4.78 is 5.09. The monoisotopic (exact) mass is 161 g/mol. The van der Waals surface area contributed by atoms with E-state index < -0.39 is 0 Å². The molecule has 0 bridgehead atoms. The molecule has 1 heterocycles. The lowest BCUT2D eigenvalue weighted by atomic mass is 10.1. The van der Waals surface area contributed by atoms with Crippen LogP contribution in [0.1, 0.15) is 6.42 Å². The van der Waals surface area contributed by atoms with Gasteiger partial charge in [-0.25, -0.2) is 0 Å². The summed E-state index contributed by atoms with van der Waals surface area (Å²) >= 11 is 1.35. The highest BCUT2D eigenvalue weighted by atomic mass is 32.2. The van der Waals surface area contributed by atoms with E-state index in [1.807, 2.05) is 6.26 Å². The van der Waals surface area contributed by atoms with Crippen LogP contribution in [0.2, 0.25) is 0 Å². The minimum atomic E-state index is 0.148. The number of carbonyl (C=O) groups excluding carboxylic acids is 1. The number of hydrogen-bond donors (Lipinski definition) is 1. The minimum Gasteiger partial charge on any atom is -0.356 e. The maximum absolute atomic E-state index is 10.6. The lowest BCUT2D eigenvalue weighted by Crippen LogP contribution is -2.15. The number of amides is 1. The third-order valence-corrected chi connectivity index (χ3v) is 1.86. The van der Waals surface area contributed by atoms with Gasteiger partial charge < -0.3 is 9.50 Å². The second-order valence-electron chi connectivity index (χ2n) is 2.33. The van der Waals surface area contributed by atoms with Crippen molar-refractivity contribution in [1.29, 1.82) is 0 Å². The summed E-state index contributed by atoms with van der Waals surface area (Å²) in [5.74, 6) is 0.537. The summed E-state index contributed by atoms with van der Waals surface area (Å²) in [6, 6.07) is 0. The van der Waals surface area contributed by atoms with Gasteiger partial charge in [0.05, 0.1) is 6.61 Å². The van der Waals surface area contributed by atoms with Gasteiger partial charge in [-0.05, 0) is 12.0 Å². The molecular formula is C6H11NO2S. The molecule has 1 rings (SSSR count). The number of rotatable bonds is 3. The Bertz CT molecular complexity index is 129. The van der Waals surface area contributed by atoms with E-state index in [0.717, 1.165) is 6.54 Å². The molecule has 0 aromatic carbocycles. The summed E-state index contributed by atoms with van der Waals surface area (Å²) in [5.41, 5.74) is 0. The van der Waals surface area contributed by atoms with Crippen LogP contribution in [0.4, 0.5) is 0 Å². The molecule has 0 unspecified atom stereocenters. The van der Waals surface area contributed by atoms with Crippen molar-refractivity contribution in [2.24, 2.45) is 5.92 Å². The molecule has 1 atom stereocenters. The van der Waals surface area contributed by atoms with Crippen LogP contribution in [-0.2, 0) is 8.98 Å². The van der Waals surface area contributed by atoms with Crippen molar-refractivity contribution in [1.82, 2.24) is 5.32 Å². The topological polar surface area (TPSA) is 38.3 Å². The molecule has 3 nitrogen and oxygen atoms in total. The Hall–Kier alpha value is -0.220. The third kappa shape index (κ3) is 2.19. The summed E-state index contributed by atoms with van der Waals surface area (Å²) in [5, 5.41) is 2.75. The Kier molecular flexibility index (Phi) is 3.02. The Morgan fingerprint density at radius 2 is 2.70 bits per heavy atom. The smallest absolute Gasteiger partial charge is 0.220 e. The second-order valence-corrected chi connectivity index (χ2v) is 2.89. The molecule has 1 aliphatic rings. The predicted octanol–water partition coefficient (Wildman–Crippen LogP) is 0.417. The van der Waals surface area contributed by atoms with Gasteiger partial charge in [0.15, 0.2) is 0 Å². The molecule has 0 aromatic heterocycles. The standard InChI is InChI=1S/C6H11NO2S/c1-10-9-4-5-2-6(8)7-3-5/h5H,2-4H2,1H3,(H,7,8)/t5-/m1/s1. The molecule has 1 aliphatic heterocycles. The number of carbonyl (C=O) groups is 1. The van der Waals surface area contributed by atoms with Crippen LogP contribution in [0.15, 0.2) is 0 Å². The largest absolute Gasteiger partial charge is 0.356 e. The van der Waals surface area contributed by atoms with Gasteiger partial charge in [-0.3, -0.25) is 4.79 Å². The fourth-order valence-electron chi connectivity index (χ4n) is 0.947. The van der Waals surface area contributed by atoms with Crippen molar-refractivity contribution in [3.05, 3.63) is 0 Å². The van der Waals surface area contributed by atoms with Gasteiger partial charge in [-0.15, -0.1) is 0 Å². The maximum atomic E-state index is 10.6. The lowest BCUT2D eigenvalue weighted by Gasteiger charge is -2.03. The van der Waals surface area contributed by atoms with E-state index in [1.54, 1.807) is 0 Å². The van der Waals surface area contributed by atoms with E-state index in [9.17, 15) is 4.79 Å². The predicted molar refractivity (Wildman–Crippen MR) is 40.6 cm³/mol. The Labute approximate surface area is 64.7 Å². The zero-order valence-electron chi connectivity index (χ0n) is 5.92. The highest BCUT2D eigenvalue weighted by Crippen LogP contribution is 2.11. The van der Waals surface area contributed by atoms with Crippen molar-refractivity contribution >= 4 is 17.9 Å². The first-order chi connectivity index (χ1) is 4.83. The van der Waals surface area contributed by atoms with Crippen LogP contribution >= 0.6 is 12.0 Å². The van der Waals surface area contributed by atoms with Crippen molar-refractivity contribution < 1.29 is 8.98 Å². The molecule has 58 valence electrons. The normalized spacial score (nSPS) is 24.9. The van der Waals surface area contributed by atoms with Crippen molar-refractivity contribution in [2.45, 2.75) is 6.42 Å². The molecule has 0 saturated carbocycles. The molecular weight excluding hydrogens is 150 g/mol. The lowest BCUT2D eigenvalue weighted by molar-refractivity contribution is -0.119. The van der Waals surface area contributed by atoms with Gasteiger partial charge >= 0.3 is 0 Å². The van der Waals surface area contributed by atoms with Crippen LogP contribution < -0.4 is 5.32 Å². The maximum Gasteiger partial charge on any atom is 0.220 e. The van der Waals surface area contributed by atoms with E-state index in [4.69, 9.17) is 4.18 Å². The molecule has 1 fully saturated rings. The molecule has 0 aliphatic carbocycles. The van der Waals surface area contributed by atoms with Crippen molar-refractivity contribution in [3.63, 3.8) is 0 Å². The van der Waals surface area contributed by atoms with Crippen molar-refractivity contribution in [3.8, 4) is 0 Å². The average molecular weight is 161 g/mol. The first-order valence-corrected chi connectivity index (χ1v) is 4.40. The van der Waals surface area contributed by atoms with Gasteiger partial charge in [0, 0.05) is 25.1 Å². The molecule has 10 heavy (non-hydrogen) atoms. The first kappa shape index (κ1) is 7.88. The van der Waals surface area contributed by atoms with Crippen LogP contribution in [0, 0.1) is 5.92 Å². The molecule has 0 radical (unpaired) electrons. The molecule has 0 spiro atoms. The number of hydrogen-bond acceptors (Lipinski definition) is 3. The third-order valence-electron chi connectivity index (χ3n) is 1.48. The summed E-state index contributed by atoms with van der Waals surface area (Å²) in [7, 11) is 0. The zero-order valence-corrected chi connectivity index (χ0v) is 6.74. The SMILES string of the molecule is CSOC[C@H]1CNC(=O)C1. The van der Waals surface area contributed by atoms with Gasteiger partial charge in [0.2, 0.25) is 5.91 Å². The van der Waals surface area contributed by atoms with E-state index in [2.05, 4.69) is 5.32 Å². The fourth-order valence-corrected chi connectivity index (χ4v) is 1.28. The molecule has 1 amide bonds. The summed E-state index contributed by atoms with van der Waals surface area (Å²) in [6.45, 7) is 1.46. The van der Waals surface area contributed by atoms with E-state index in [1.165, 1.54) is 12.0 Å². The van der Waals surface area contributed by atoms with Gasteiger partial charge in [0.1, 0.15) is 0 Å². The Morgan fingerprint density at radius 1 is 1.90 bits per heavy atom. The molecule has 0 aromatic rings. The molecule has 1 saturated heterocycles. The van der Waals surface area contributed by atoms with Crippen LogP contribution in [0.25, 0.3) is 0 Å². The minimum absolute atomic E-state index is 0.148. The van der Waals surface area contributed by atoms with Gasteiger partial charge in [-0.1, -0.05) is 0 Å².